The van der Waals surface area contributed by atoms with Crippen LogP contribution in [-0.4, -0.2) is 21.4 Å². The van der Waals surface area contributed by atoms with E-state index < -0.39 is 10.0 Å². The predicted molar refractivity (Wildman–Crippen MR) is 122 cm³/mol. The summed E-state index contributed by atoms with van der Waals surface area (Å²) in [6.45, 7) is 5.76. The molecule has 2 N–H and O–H groups in total. The molecule has 1 amide bonds. The minimum atomic E-state index is -3.86. The van der Waals surface area contributed by atoms with Crippen molar-refractivity contribution < 1.29 is 17.9 Å². The number of methoxy groups -OCH3 is 1. The van der Waals surface area contributed by atoms with Crippen molar-refractivity contribution >= 4 is 21.6 Å². The molecule has 162 valence electrons. The average Bonchev–Trinajstić information content (AvgIpc) is 2.75. The minimum absolute atomic E-state index is 0.0745. The van der Waals surface area contributed by atoms with Gasteiger partial charge in [0.15, 0.2) is 0 Å². The van der Waals surface area contributed by atoms with Gasteiger partial charge in [-0.15, -0.1) is 0 Å². The third kappa shape index (κ3) is 5.44. The van der Waals surface area contributed by atoms with Crippen molar-refractivity contribution in [1.82, 2.24) is 5.32 Å². The fraction of sp³-hybridized carbons (Fsp3) is 0.208. The van der Waals surface area contributed by atoms with E-state index in [9.17, 15) is 13.2 Å². The van der Waals surface area contributed by atoms with Gasteiger partial charge in [-0.3, -0.25) is 9.52 Å². The van der Waals surface area contributed by atoms with Gasteiger partial charge in [-0.1, -0.05) is 30.3 Å². The first-order chi connectivity index (χ1) is 14.7. The Labute approximate surface area is 183 Å². The molecule has 0 aliphatic carbocycles. The molecule has 0 aromatic heterocycles. The Hall–Kier alpha value is -3.32. The summed E-state index contributed by atoms with van der Waals surface area (Å²) in [5.41, 5.74) is 4.04. The average molecular weight is 439 g/mol. The first kappa shape index (κ1) is 22.4. The summed E-state index contributed by atoms with van der Waals surface area (Å²) in [5, 5.41) is 2.82. The topological polar surface area (TPSA) is 84.5 Å². The number of anilines is 1. The van der Waals surface area contributed by atoms with Crippen LogP contribution in [-0.2, 0) is 16.6 Å². The molecule has 0 saturated heterocycles. The minimum Gasteiger partial charge on any atom is -0.497 e. The summed E-state index contributed by atoms with van der Waals surface area (Å²) >= 11 is 0. The number of amides is 1. The molecular weight excluding hydrogens is 412 g/mol. The molecule has 6 nitrogen and oxygen atoms in total. The molecule has 0 bridgehead atoms. The van der Waals surface area contributed by atoms with E-state index in [4.69, 9.17) is 4.74 Å². The number of nitrogens with one attached hydrogen (secondary N) is 2. The standard InChI is InChI=1S/C24H26N2O4S/c1-16-5-6-17(2)22(13-16)26-31(28,29)23-14-20(10-7-18(23)3)24(27)25-15-19-8-11-21(30-4)12-9-19/h5-14,26H,15H2,1-4H3,(H,25,27). The molecule has 0 aliphatic rings. The van der Waals surface area contributed by atoms with Crippen molar-refractivity contribution in [2.75, 3.05) is 11.8 Å². The van der Waals surface area contributed by atoms with Gasteiger partial charge in [0.25, 0.3) is 15.9 Å². The fourth-order valence-electron chi connectivity index (χ4n) is 3.10. The van der Waals surface area contributed by atoms with Gasteiger partial charge in [0, 0.05) is 12.1 Å². The van der Waals surface area contributed by atoms with E-state index in [-0.39, 0.29) is 16.4 Å². The second-order valence-electron chi connectivity index (χ2n) is 7.43. The summed E-state index contributed by atoms with van der Waals surface area (Å²) in [4.78, 5) is 12.7. The van der Waals surface area contributed by atoms with E-state index in [1.165, 1.54) is 6.07 Å². The van der Waals surface area contributed by atoms with Crippen LogP contribution in [0.5, 0.6) is 5.75 Å². The molecular formula is C24H26N2O4S. The lowest BCUT2D eigenvalue weighted by molar-refractivity contribution is 0.0950. The number of rotatable bonds is 7. The van der Waals surface area contributed by atoms with Crippen LogP contribution in [0, 0.1) is 20.8 Å². The quantitative estimate of drug-likeness (QED) is 0.574. The monoisotopic (exact) mass is 438 g/mol. The van der Waals surface area contributed by atoms with Gasteiger partial charge in [0.05, 0.1) is 17.7 Å². The normalized spacial score (nSPS) is 11.1. The summed E-state index contributed by atoms with van der Waals surface area (Å²) in [7, 11) is -2.27. The summed E-state index contributed by atoms with van der Waals surface area (Å²) in [6.07, 6.45) is 0. The van der Waals surface area contributed by atoms with Crippen molar-refractivity contribution in [3.63, 3.8) is 0 Å². The first-order valence-electron chi connectivity index (χ1n) is 9.81. The van der Waals surface area contributed by atoms with Gasteiger partial charge in [-0.05, 0) is 73.4 Å². The summed E-state index contributed by atoms with van der Waals surface area (Å²) in [6, 6.07) is 17.6. The molecule has 0 atom stereocenters. The molecule has 3 rings (SSSR count). The Morgan fingerprint density at radius 3 is 2.26 bits per heavy atom. The van der Waals surface area contributed by atoms with Gasteiger partial charge in [0.1, 0.15) is 5.75 Å². The highest BCUT2D eigenvalue weighted by Gasteiger charge is 2.20. The van der Waals surface area contributed by atoms with Crippen molar-refractivity contribution in [3.05, 3.63) is 88.5 Å². The lowest BCUT2D eigenvalue weighted by Gasteiger charge is -2.14. The van der Waals surface area contributed by atoms with E-state index in [0.29, 0.717) is 17.8 Å². The Kier molecular flexibility index (Phi) is 6.65. The number of aryl methyl sites for hydroxylation is 3. The molecule has 0 saturated carbocycles. The molecule has 3 aromatic carbocycles. The predicted octanol–water partition coefficient (Wildman–Crippen LogP) is 4.35. The second-order valence-corrected chi connectivity index (χ2v) is 9.09. The molecule has 0 heterocycles. The van der Waals surface area contributed by atoms with Crippen LogP contribution in [0.1, 0.15) is 32.6 Å². The molecule has 0 radical (unpaired) electrons. The zero-order valence-corrected chi connectivity index (χ0v) is 18.8. The van der Waals surface area contributed by atoms with Crippen molar-refractivity contribution in [3.8, 4) is 5.75 Å². The number of ether oxygens (including phenoxy) is 1. The SMILES string of the molecule is COc1ccc(CNC(=O)c2ccc(C)c(S(=O)(=O)Nc3cc(C)ccc3C)c2)cc1. The Morgan fingerprint density at radius 1 is 0.903 bits per heavy atom. The van der Waals surface area contributed by atoms with Gasteiger partial charge in [0.2, 0.25) is 0 Å². The lowest BCUT2D eigenvalue weighted by atomic mass is 10.1. The first-order valence-corrected chi connectivity index (χ1v) is 11.3. The van der Waals surface area contributed by atoms with E-state index >= 15 is 0 Å². The highest BCUT2D eigenvalue weighted by atomic mass is 32.2. The third-order valence-electron chi connectivity index (χ3n) is 4.99. The van der Waals surface area contributed by atoms with Gasteiger partial charge >= 0.3 is 0 Å². The number of carbonyl (C=O) groups excluding carboxylic acids is 1. The Bertz CT molecular complexity index is 1200. The van der Waals surface area contributed by atoms with Crippen LogP contribution >= 0.6 is 0 Å². The summed E-state index contributed by atoms with van der Waals surface area (Å²) in [5.74, 6) is 0.388. The Balaban J connectivity index is 1.79. The molecule has 31 heavy (non-hydrogen) atoms. The van der Waals surface area contributed by atoms with Gasteiger partial charge < -0.3 is 10.1 Å². The molecule has 0 spiro atoms. The van der Waals surface area contributed by atoms with Crippen LogP contribution in [0.3, 0.4) is 0 Å². The third-order valence-corrected chi connectivity index (χ3v) is 6.50. The molecule has 0 aliphatic heterocycles. The smallest absolute Gasteiger partial charge is 0.262 e. The van der Waals surface area contributed by atoms with Crippen molar-refractivity contribution in [2.45, 2.75) is 32.2 Å². The summed E-state index contributed by atoms with van der Waals surface area (Å²) < 4.78 is 33.9. The van der Waals surface area contributed by atoms with Crippen molar-refractivity contribution in [1.29, 1.82) is 0 Å². The maximum Gasteiger partial charge on any atom is 0.262 e. The van der Waals surface area contributed by atoms with Crippen LogP contribution < -0.4 is 14.8 Å². The second kappa shape index (κ2) is 9.22. The maximum atomic E-state index is 13.0. The fourth-order valence-corrected chi connectivity index (χ4v) is 4.50. The van der Waals surface area contributed by atoms with Gasteiger partial charge in [-0.2, -0.15) is 0 Å². The van der Waals surface area contributed by atoms with E-state index in [1.807, 2.05) is 50.2 Å². The molecule has 7 heteroatoms. The molecule has 3 aromatic rings. The van der Waals surface area contributed by atoms with E-state index in [2.05, 4.69) is 10.0 Å². The van der Waals surface area contributed by atoms with Crippen LogP contribution in [0.15, 0.2) is 65.6 Å². The van der Waals surface area contributed by atoms with Crippen LogP contribution in [0.25, 0.3) is 0 Å². The lowest BCUT2D eigenvalue weighted by Crippen LogP contribution is -2.23. The van der Waals surface area contributed by atoms with E-state index in [0.717, 1.165) is 22.4 Å². The highest BCUT2D eigenvalue weighted by molar-refractivity contribution is 7.92. The number of sulfonamides is 1. The van der Waals surface area contributed by atoms with E-state index in [1.54, 1.807) is 32.2 Å². The van der Waals surface area contributed by atoms with Crippen LogP contribution in [0.2, 0.25) is 0 Å². The number of benzene rings is 3. The maximum absolute atomic E-state index is 13.0. The molecule has 0 fully saturated rings. The molecule has 0 unspecified atom stereocenters. The highest BCUT2D eigenvalue weighted by Crippen LogP contribution is 2.24. The van der Waals surface area contributed by atoms with Gasteiger partial charge in [-0.25, -0.2) is 8.42 Å². The largest absolute Gasteiger partial charge is 0.497 e. The number of carbonyl (C=O) groups is 1. The zero-order valence-electron chi connectivity index (χ0n) is 18.0. The number of hydrogen-bond donors (Lipinski definition) is 2. The Morgan fingerprint density at radius 2 is 1.58 bits per heavy atom. The van der Waals surface area contributed by atoms with Crippen LogP contribution in [0.4, 0.5) is 5.69 Å². The van der Waals surface area contributed by atoms with Crippen molar-refractivity contribution in [2.24, 2.45) is 0 Å². The number of hydrogen-bond acceptors (Lipinski definition) is 4. The zero-order chi connectivity index (χ0) is 22.6.